The molecular weight excluding hydrogens is 561 g/mol. The SMILES string of the molecule is CCCCCCCCCCCCCCCCCCN(CCCCCCCCCCCCCCCCCC)CCCCC(=O)[O-].[Na+]. The van der Waals surface area contributed by atoms with Gasteiger partial charge >= 0.3 is 29.6 Å². The smallest absolute Gasteiger partial charge is 0.550 e. The maximum Gasteiger partial charge on any atom is 1.00 e. The first-order valence-electron chi connectivity index (χ1n) is 20.6. The summed E-state index contributed by atoms with van der Waals surface area (Å²) < 4.78 is 0. The zero-order valence-corrected chi connectivity index (χ0v) is 33.6. The van der Waals surface area contributed by atoms with Crippen molar-refractivity contribution in [3.8, 4) is 0 Å². The second-order valence-electron chi connectivity index (χ2n) is 14.3. The Morgan fingerprint density at radius 2 is 0.556 bits per heavy atom. The monoisotopic (exact) mass is 644 g/mol. The summed E-state index contributed by atoms with van der Waals surface area (Å²) in [5, 5.41) is 10.8. The van der Waals surface area contributed by atoms with Crippen LogP contribution in [0.1, 0.15) is 239 Å². The largest absolute Gasteiger partial charge is 1.00 e. The second kappa shape index (κ2) is 42.5. The third-order valence-electron chi connectivity index (χ3n) is 9.76. The average molecular weight is 644 g/mol. The molecule has 0 aliphatic carbocycles. The van der Waals surface area contributed by atoms with Crippen molar-refractivity contribution in [3.05, 3.63) is 0 Å². The number of rotatable bonds is 39. The molecule has 45 heavy (non-hydrogen) atoms. The molecule has 0 fully saturated rings. The van der Waals surface area contributed by atoms with E-state index in [0.29, 0.717) is 0 Å². The van der Waals surface area contributed by atoms with Crippen LogP contribution >= 0.6 is 0 Å². The molecule has 0 aliphatic heterocycles. The molecule has 0 aromatic rings. The van der Waals surface area contributed by atoms with Gasteiger partial charge in [0.1, 0.15) is 0 Å². The van der Waals surface area contributed by atoms with Gasteiger partial charge in [0.2, 0.25) is 0 Å². The molecule has 0 saturated heterocycles. The van der Waals surface area contributed by atoms with Crippen LogP contribution in [0.3, 0.4) is 0 Å². The van der Waals surface area contributed by atoms with E-state index in [2.05, 4.69) is 18.7 Å². The van der Waals surface area contributed by atoms with Crippen LogP contribution in [0, 0.1) is 0 Å². The molecule has 0 saturated carbocycles. The van der Waals surface area contributed by atoms with Gasteiger partial charge in [0, 0.05) is 5.97 Å². The number of nitrogens with zero attached hydrogens (tertiary/aromatic N) is 1. The fourth-order valence-electron chi connectivity index (χ4n) is 6.71. The molecule has 3 nitrogen and oxygen atoms in total. The van der Waals surface area contributed by atoms with E-state index in [1.165, 1.54) is 219 Å². The minimum atomic E-state index is -0.896. The summed E-state index contributed by atoms with van der Waals surface area (Å²) in [6.07, 6.45) is 47.3. The minimum absolute atomic E-state index is 0. The Morgan fingerprint density at radius 1 is 0.356 bits per heavy atom. The predicted octanol–water partition coefficient (Wildman–Crippen LogP) is 9.74. The maximum atomic E-state index is 10.8. The summed E-state index contributed by atoms with van der Waals surface area (Å²) in [6.45, 7) is 8.05. The predicted molar refractivity (Wildman–Crippen MR) is 194 cm³/mol. The number of carboxylic acids is 1. The number of hydrogen-bond donors (Lipinski definition) is 0. The Balaban J connectivity index is 0. The first kappa shape index (κ1) is 47.5. The second-order valence-corrected chi connectivity index (χ2v) is 14.3. The van der Waals surface area contributed by atoms with E-state index in [1.54, 1.807) is 0 Å². The normalized spacial score (nSPS) is 11.4. The molecule has 0 unspecified atom stereocenters. The number of carbonyl (C=O) groups excluding carboxylic acids is 1. The van der Waals surface area contributed by atoms with E-state index in [4.69, 9.17) is 0 Å². The van der Waals surface area contributed by atoms with Crippen LogP contribution in [0.2, 0.25) is 0 Å². The molecule has 0 heterocycles. The fourth-order valence-corrected chi connectivity index (χ4v) is 6.71. The van der Waals surface area contributed by atoms with Gasteiger partial charge in [0.15, 0.2) is 0 Å². The van der Waals surface area contributed by atoms with E-state index in [1.807, 2.05) is 0 Å². The van der Waals surface area contributed by atoms with Crippen molar-refractivity contribution in [3.63, 3.8) is 0 Å². The Bertz CT molecular complexity index is 508. The van der Waals surface area contributed by atoms with E-state index < -0.39 is 5.97 Å². The van der Waals surface area contributed by atoms with E-state index in [-0.39, 0.29) is 36.0 Å². The molecule has 0 spiro atoms. The molecule has 0 atom stereocenters. The van der Waals surface area contributed by atoms with Gasteiger partial charge in [0.25, 0.3) is 0 Å². The molecule has 0 amide bonds. The molecule has 4 heteroatoms. The van der Waals surface area contributed by atoms with Crippen molar-refractivity contribution >= 4 is 5.97 Å². The fraction of sp³-hybridized carbons (Fsp3) is 0.976. The van der Waals surface area contributed by atoms with Crippen molar-refractivity contribution < 1.29 is 39.5 Å². The van der Waals surface area contributed by atoms with Crippen LogP contribution in [0.4, 0.5) is 0 Å². The first-order valence-corrected chi connectivity index (χ1v) is 20.6. The average Bonchev–Trinajstić information content (AvgIpc) is 3.02. The van der Waals surface area contributed by atoms with Gasteiger partial charge in [-0.3, -0.25) is 0 Å². The first-order chi connectivity index (χ1) is 21.7. The molecule has 0 aromatic heterocycles. The Labute approximate surface area is 306 Å². The maximum absolute atomic E-state index is 10.8. The topological polar surface area (TPSA) is 43.4 Å². The summed E-state index contributed by atoms with van der Waals surface area (Å²) in [6, 6.07) is 0. The molecule has 0 aromatic carbocycles. The molecule has 0 N–H and O–H groups in total. The molecule has 0 bridgehead atoms. The van der Waals surface area contributed by atoms with Crippen molar-refractivity contribution in [2.24, 2.45) is 0 Å². The van der Waals surface area contributed by atoms with Crippen LogP contribution in [0.15, 0.2) is 0 Å². The molecule has 0 rings (SSSR count). The standard InChI is InChI=1S/C41H83NO2.Na/c1-3-5-7-9-11-13-15-17-19-21-23-25-27-29-31-34-38-42(40-36-33-37-41(43)44)39-35-32-30-28-26-24-22-20-18-16-14-12-10-8-6-4-2;/h3-40H2,1-2H3,(H,43,44);/q;+1/p-1. The van der Waals surface area contributed by atoms with Crippen LogP contribution in [0.5, 0.6) is 0 Å². The minimum Gasteiger partial charge on any atom is -0.550 e. The number of carbonyl (C=O) groups is 1. The van der Waals surface area contributed by atoms with Gasteiger partial charge in [-0.15, -0.1) is 0 Å². The van der Waals surface area contributed by atoms with Crippen LogP contribution < -0.4 is 34.7 Å². The number of unbranched alkanes of at least 4 members (excludes halogenated alkanes) is 31. The van der Waals surface area contributed by atoms with E-state index in [9.17, 15) is 9.90 Å². The molecular formula is C41H82NNaO2. The Hall–Kier alpha value is 0.430. The zero-order chi connectivity index (χ0) is 32.0. The quantitative estimate of drug-likeness (QED) is 0.0495. The van der Waals surface area contributed by atoms with Crippen molar-refractivity contribution in [2.75, 3.05) is 19.6 Å². The third kappa shape index (κ3) is 42.4. The summed E-state index contributed by atoms with van der Waals surface area (Å²) in [5.41, 5.74) is 0. The van der Waals surface area contributed by atoms with Gasteiger partial charge < -0.3 is 14.8 Å². The molecule has 0 aliphatic rings. The Kier molecular flexibility index (Phi) is 44.9. The number of aliphatic carboxylic acids is 1. The summed E-state index contributed by atoms with van der Waals surface area (Å²) in [4.78, 5) is 13.4. The molecule has 264 valence electrons. The number of carboxylic acid groups (broad SMARTS) is 1. The van der Waals surface area contributed by atoms with Crippen LogP contribution in [-0.2, 0) is 4.79 Å². The van der Waals surface area contributed by atoms with Gasteiger partial charge in [0.05, 0.1) is 0 Å². The zero-order valence-electron chi connectivity index (χ0n) is 31.6. The van der Waals surface area contributed by atoms with Crippen LogP contribution in [-0.4, -0.2) is 30.5 Å². The van der Waals surface area contributed by atoms with E-state index in [0.717, 1.165) is 19.4 Å². The number of hydrogen-bond acceptors (Lipinski definition) is 3. The van der Waals surface area contributed by atoms with Gasteiger partial charge in [-0.2, -0.15) is 0 Å². The van der Waals surface area contributed by atoms with Gasteiger partial charge in [-0.25, -0.2) is 0 Å². The Morgan fingerprint density at radius 3 is 0.778 bits per heavy atom. The van der Waals surface area contributed by atoms with Gasteiger partial charge in [-0.05, 0) is 51.7 Å². The van der Waals surface area contributed by atoms with Gasteiger partial charge in [-0.1, -0.05) is 206 Å². The van der Waals surface area contributed by atoms with Crippen LogP contribution in [0.25, 0.3) is 0 Å². The van der Waals surface area contributed by atoms with Crippen molar-refractivity contribution in [2.45, 2.75) is 239 Å². The van der Waals surface area contributed by atoms with Crippen molar-refractivity contribution in [1.29, 1.82) is 0 Å². The summed E-state index contributed by atoms with van der Waals surface area (Å²) in [7, 11) is 0. The molecule has 0 radical (unpaired) electrons. The summed E-state index contributed by atoms with van der Waals surface area (Å²) in [5.74, 6) is -0.896. The summed E-state index contributed by atoms with van der Waals surface area (Å²) >= 11 is 0. The third-order valence-corrected chi connectivity index (χ3v) is 9.76. The van der Waals surface area contributed by atoms with Crippen molar-refractivity contribution in [1.82, 2.24) is 4.90 Å². The van der Waals surface area contributed by atoms with E-state index >= 15 is 0 Å².